The van der Waals surface area contributed by atoms with Crippen LogP contribution in [0.3, 0.4) is 0 Å². The minimum atomic E-state index is 0.352. The van der Waals surface area contributed by atoms with Crippen molar-refractivity contribution >= 4 is 28.9 Å². The molecule has 0 aromatic heterocycles. The topological polar surface area (TPSA) is 59.0 Å². The molecule has 0 fully saturated rings. The Morgan fingerprint density at radius 1 is 1.11 bits per heavy atom. The minimum absolute atomic E-state index is 0.352. The Bertz CT molecular complexity index is 635. The van der Waals surface area contributed by atoms with Gasteiger partial charge in [-0.2, -0.15) is 5.26 Å². The van der Waals surface area contributed by atoms with E-state index in [1.165, 1.54) is 0 Å². The van der Waals surface area contributed by atoms with Crippen molar-refractivity contribution in [1.82, 2.24) is 0 Å². The number of rotatable bonds is 2. The van der Waals surface area contributed by atoms with E-state index in [1.807, 2.05) is 6.07 Å². The fourth-order valence-electron chi connectivity index (χ4n) is 1.38. The minimum Gasteiger partial charge on any atom is -0.456 e. The third kappa shape index (κ3) is 2.67. The van der Waals surface area contributed by atoms with Crippen molar-refractivity contribution in [3.8, 4) is 17.6 Å². The summed E-state index contributed by atoms with van der Waals surface area (Å²) in [5.41, 5.74) is 6.38. The normalized spacial score (nSPS) is 9.83. The summed E-state index contributed by atoms with van der Waals surface area (Å²) in [6, 6.07) is 11.7. The van der Waals surface area contributed by atoms with Crippen molar-refractivity contribution < 1.29 is 4.74 Å². The van der Waals surface area contributed by atoms with Gasteiger partial charge < -0.3 is 10.5 Å². The first-order valence-corrected chi connectivity index (χ1v) is 5.78. The Morgan fingerprint density at radius 3 is 2.61 bits per heavy atom. The molecule has 90 valence electrons. The SMILES string of the molecule is N#Cc1cc(Oc2cc(Cl)ccc2Cl)ccc1N. The van der Waals surface area contributed by atoms with Crippen LogP contribution in [0.2, 0.25) is 10.0 Å². The van der Waals surface area contributed by atoms with E-state index in [4.69, 9.17) is 38.9 Å². The lowest BCUT2D eigenvalue weighted by atomic mass is 10.2. The smallest absolute Gasteiger partial charge is 0.147 e. The van der Waals surface area contributed by atoms with Crippen LogP contribution in [0, 0.1) is 11.3 Å². The van der Waals surface area contributed by atoms with Crippen LogP contribution in [0.25, 0.3) is 0 Å². The molecule has 2 aromatic carbocycles. The van der Waals surface area contributed by atoms with Gasteiger partial charge in [0.25, 0.3) is 0 Å². The standard InChI is InChI=1S/C13H8Cl2N2O/c14-9-1-3-11(15)13(6-9)18-10-2-4-12(17)8(5-10)7-16/h1-6H,17H2. The number of halogens is 2. The molecule has 2 rings (SSSR count). The molecular formula is C13H8Cl2N2O. The van der Waals surface area contributed by atoms with E-state index in [9.17, 15) is 0 Å². The maximum Gasteiger partial charge on any atom is 0.147 e. The number of hydrogen-bond donors (Lipinski definition) is 1. The van der Waals surface area contributed by atoms with Crippen LogP contribution < -0.4 is 10.5 Å². The van der Waals surface area contributed by atoms with Crippen molar-refractivity contribution in [2.75, 3.05) is 5.73 Å². The van der Waals surface area contributed by atoms with Crippen LogP contribution in [-0.4, -0.2) is 0 Å². The highest BCUT2D eigenvalue weighted by atomic mass is 35.5. The van der Waals surface area contributed by atoms with Crippen molar-refractivity contribution in [3.05, 3.63) is 52.0 Å². The predicted octanol–water partition coefficient (Wildman–Crippen LogP) is 4.24. The average molecular weight is 279 g/mol. The molecule has 3 nitrogen and oxygen atoms in total. The summed E-state index contributed by atoms with van der Waals surface area (Å²) in [5, 5.41) is 9.83. The van der Waals surface area contributed by atoms with E-state index < -0.39 is 0 Å². The van der Waals surface area contributed by atoms with Gasteiger partial charge in [-0.25, -0.2) is 0 Å². The summed E-state index contributed by atoms with van der Waals surface area (Å²) in [5.74, 6) is 0.905. The number of hydrogen-bond acceptors (Lipinski definition) is 3. The zero-order chi connectivity index (χ0) is 13.1. The number of benzene rings is 2. The molecule has 0 aliphatic heterocycles. The molecule has 0 amide bonds. The van der Waals surface area contributed by atoms with Crippen LogP contribution >= 0.6 is 23.2 Å². The molecule has 0 spiro atoms. The molecule has 18 heavy (non-hydrogen) atoms. The van der Waals surface area contributed by atoms with E-state index in [0.717, 1.165) is 0 Å². The van der Waals surface area contributed by atoms with Gasteiger partial charge in [0.1, 0.15) is 17.6 Å². The summed E-state index contributed by atoms with van der Waals surface area (Å²) >= 11 is 11.8. The number of nitriles is 1. The summed E-state index contributed by atoms with van der Waals surface area (Å²) in [7, 11) is 0. The third-order valence-electron chi connectivity index (χ3n) is 2.27. The van der Waals surface area contributed by atoms with Crippen molar-refractivity contribution in [1.29, 1.82) is 5.26 Å². The Labute approximate surface area is 114 Å². The van der Waals surface area contributed by atoms with Gasteiger partial charge in [0.15, 0.2) is 0 Å². The molecule has 0 saturated heterocycles. The molecule has 0 atom stereocenters. The number of nitrogen functional groups attached to an aromatic ring is 1. The number of nitrogens with two attached hydrogens (primary N) is 1. The second-order valence-electron chi connectivity index (χ2n) is 3.54. The van der Waals surface area contributed by atoms with E-state index >= 15 is 0 Å². The first-order chi connectivity index (χ1) is 8.60. The van der Waals surface area contributed by atoms with E-state index in [0.29, 0.717) is 32.8 Å². The van der Waals surface area contributed by atoms with Gasteiger partial charge in [0.05, 0.1) is 10.6 Å². The molecular weight excluding hydrogens is 271 g/mol. The van der Waals surface area contributed by atoms with E-state index in [-0.39, 0.29) is 0 Å². The molecule has 0 radical (unpaired) electrons. The lowest BCUT2D eigenvalue weighted by Crippen LogP contribution is -1.92. The Morgan fingerprint density at radius 2 is 1.89 bits per heavy atom. The molecule has 0 unspecified atom stereocenters. The van der Waals surface area contributed by atoms with Crippen LogP contribution in [0.5, 0.6) is 11.5 Å². The van der Waals surface area contributed by atoms with E-state index in [1.54, 1.807) is 36.4 Å². The van der Waals surface area contributed by atoms with Gasteiger partial charge in [-0.1, -0.05) is 23.2 Å². The second-order valence-corrected chi connectivity index (χ2v) is 4.38. The van der Waals surface area contributed by atoms with Gasteiger partial charge in [-0.05, 0) is 24.3 Å². The van der Waals surface area contributed by atoms with Crippen LogP contribution in [-0.2, 0) is 0 Å². The quantitative estimate of drug-likeness (QED) is 0.836. The van der Waals surface area contributed by atoms with Gasteiger partial charge >= 0.3 is 0 Å². The highest BCUT2D eigenvalue weighted by Crippen LogP contribution is 2.32. The Balaban J connectivity index is 2.34. The highest BCUT2D eigenvalue weighted by molar-refractivity contribution is 6.34. The van der Waals surface area contributed by atoms with Crippen molar-refractivity contribution in [2.45, 2.75) is 0 Å². The summed E-state index contributed by atoms with van der Waals surface area (Å²) in [4.78, 5) is 0. The molecule has 2 N–H and O–H groups in total. The molecule has 0 bridgehead atoms. The van der Waals surface area contributed by atoms with Crippen molar-refractivity contribution in [2.24, 2.45) is 0 Å². The molecule has 2 aromatic rings. The van der Waals surface area contributed by atoms with Gasteiger partial charge in [-0.3, -0.25) is 0 Å². The Hall–Kier alpha value is -1.89. The fourth-order valence-corrected chi connectivity index (χ4v) is 1.70. The monoisotopic (exact) mass is 278 g/mol. The zero-order valence-electron chi connectivity index (χ0n) is 9.15. The highest BCUT2D eigenvalue weighted by Gasteiger charge is 2.06. The molecule has 0 heterocycles. The zero-order valence-corrected chi connectivity index (χ0v) is 10.7. The Kier molecular flexibility index (Phi) is 3.61. The van der Waals surface area contributed by atoms with Crippen LogP contribution in [0.1, 0.15) is 5.56 Å². The fraction of sp³-hybridized carbons (Fsp3) is 0. The molecule has 0 aliphatic carbocycles. The summed E-state index contributed by atoms with van der Waals surface area (Å²) in [6.07, 6.45) is 0. The van der Waals surface area contributed by atoms with Gasteiger partial charge in [0.2, 0.25) is 0 Å². The maximum absolute atomic E-state index is 8.87. The number of ether oxygens (including phenoxy) is 1. The van der Waals surface area contributed by atoms with Crippen molar-refractivity contribution in [3.63, 3.8) is 0 Å². The predicted molar refractivity (Wildman–Crippen MR) is 72.1 cm³/mol. The van der Waals surface area contributed by atoms with Gasteiger partial charge in [0, 0.05) is 22.8 Å². The molecule has 0 aliphatic rings. The summed E-state index contributed by atoms with van der Waals surface area (Å²) in [6.45, 7) is 0. The second kappa shape index (κ2) is 5.18. The third-order valence-corrected chi connectivity index (χ3v) is 2.81. The van der Waals surface area contributed by atoms with Crippen LogP contribution in [0.4, 0.5) is 5.69 Å². The largest absolute Gasteiger partial charge is 0.456 e. The lowest BCUT2D eigenvalue weighted by Gasteiger charge is -2.08. The average Bonchev–Trinajstić information content (AvgIpc) is 2.36. The van der Waals surface area contributed by atoms with Gasteiger partial charge in [-0.15, -0.1) is 0 Å². The van der Waals surface area contributed by atoms with E-state index in [2.05, 4.69) is 0 Å². The molecule has 0 saturated carbocycles. The summed E-state index contributed by atoms with van der Waals surface area (Å²) < 4.78 is 5.56. The lowest BCUT2D eigenvalue weighted by molar-refractivity contribution is 0.483. The maximum atomic E-state index is 8.87. The molecule has 5 heteroatoms. The number of nitrogens with zero attached hydrogens (tertiary/aromatic N) is 1. The first kappa shape index (κ1) is 12.6. The number of anilines is 1. The van der Waals surface area contributed by atoms with Crippen LogP contribution in [0.15, 0.2) is 36.4 Å². The first-order valence-electron chi connectivity index (χ1n) is 5.02.